The Hall–Kier alpha value is -4.13. The van der Waals surface area contributed by atoms with E-state index in [1.807, 2.05) is 13.8 Å². The van der Waals surface area contributed by atoms with E-state index in [0.29, 0.717) is 33.9 Å². The summed E-state index contributed by atoms with van der Waals surface area (Å²) < 4.78 is 90.9. The number of carbonyl (C=O) groups is 1. The average Bonchev–Trinajstić information content (AvgIpc) is 2.94. The van der Waals surface area contributed by atoms with Gasteiger partial charge < -0.3 is 24.3 Å². The summed E-state index contributed by atoms with van der Waals surface area (Å²) in [6.45, 7) is 2.87. The van der Waals surface area contributed by atoms with E-state index in [1.54, 1.807) is 18.2 Å². The molecule has 0 spiro atoms. The van der Waals surface area contributed by atoms with Gasteiger partial charge in [-0.2, -0.15) is 13.2 Å². The van der Waals surface area contributed by atoms with Crippen molar-refractivity contribution >= 4 is 21.6 Å². The number of halogens is 3. The van der Waals surface area contributed by atoms with Gasteiger partial charge >= 0.3 is 6.18 Å². The van der Waals surface area contributed by atoms with Crippen LogP contribution in [-0.2, 0) is 21.0 Å². The Balaban J connectivity index is 1.73. The summed E-state index contributed by atoms with van der Waals surface area (Å²) in [4.78, 5) is 13.2. The summed E-state index contributed by atoms with van der Waals surface area (Å²) in [7, 11) is -0.377. The first-order valence-corrected chi connectivity index (χ1v) is 14.2. The molecule has 0 radical (unpaired) electrons. The van der Waals surface area contributed by atoms with Crippen molar-refractivity contribution in [1.82, 2.24) is 5.32 Å². The minimum Gasteiger partial charge on any atom is -0.497 e. The molecule has 1 heterocycles. The van der Waals surface area contributed by atoms with Gasteiger partial charge in [0.25, 0.3) is 10.0 Å². The number of fused-ring (bicyclic) bond motifs is 1. The summed E-state index contributed by atoms with van der Waals surface area (Å²) in [5.74, 6) is 0.638. The molecule has 4 rings (SSSR count). The molecular formula is C29H31F3N2O7S. The van der Waals surface area contributed by atoms with E-state index in [-0.39, 0.29) is 22.1 Å². The van der Waals surface area contributed by atoms with E-state index < -0.39 is 45.9 Å². The molecule has 1 unspecified atom stereocenters. The molecule has 0 saturated carbocycles. The maximum atomic E-state index is 13.9. The lowest BCUT2D eigenvalue weighted by Gasteiger charge is -2.38. The molecule has 1 atom stereocenters. The van der Waals surface area contributed by atoms with E-state index in [4.69, 9.17) is 18.9 Å². The standard InChI is InChI=1S/C29H31F3N2O7S/c1-28(2)16-23(22-11-9-20(38-3)14-25(22)41-28)33-27(35)17-34(19-8-6-7-18(13-19)29(30,31)32)42(36,37)21-10-12-24(39-4)26(15-21)40-5/h6-15,23H,16-17H2,1-5H3,(H,33,35). The molecule has 42 heavy (non-hydrogen) atoms. The van der Waals surface area contributed by atoms with Crippen LogP contribution in [0.2, 0.25) is 0 Å². The Kier molecular flexibility index (Phi) is 8.53. The van der Waals surface area contributed by atoms with E-state index in [1.165, 1.54) is 45.6 Å². The van der Waals surface area contributed by atoms with Crippen LogP contribution in [0.3, 0.4) is 0 Å². The summed E-state index contributed by atoms with van der Waals surface area (Å²) in [5.41, 5.74) is -1.45. The molecule has 9 nitrogen and oxygen atoms in total. The fourth-order valence-corrected chi connectivity index (χ4v) is 6.14. The van der Waals surface area contributed by atoms with Crippen LogP contribution in [-0.4, -0.2) is 47.8 Å². The number of anilines is 1. The first kappa shape index (κ1) is 30.8. The lowest BCUT2D eigenvalue weighted by Crippen LogP contribution is -2.45. The van der Waals surface area contributed by atoms with Crippen molar-refractivity contribution in [3.05, 3.63) is 71.8 Å². The minimum atomic E-state index is -4.74. The van der Waals surface area contributed by atoms with E-state index >= 15 is 0 Å². The number of amides is 1. The van der Waals surface area contributed by atoms with Gasteiger partial charge in [0, 0.05) is 24.1 Å². The second-order valence-electron chi connectivity index (χ2n) is 10.2. The quantitative estimate of drug-likeness (QED) is 0.350. The molecule has 226 valence electrons. The van der Waals surface area contributed by atoms with Crippen LogP contribution in [0.15, 0.2) is 65.6 Å². The summed E-state index contributed by atoms with van der Waals surface area (Å²) in [5, 5.41) is 2.84. The number of nitrogens with zero attached hydrogens (tertiary/aromatic N) is 1. The van der Waals surface area contributed by atoms with E-state index in [2.05, 4.69) is 5.32 Å². The Labute approximate surface area is 242 Å². The van der Waals surface area contributed by atoms with E-state index in [0.717, 1.165) is 12.1 Å². The number of hydrogen-bond donors (Lipinski definition) is 1. The fraction of sp³-hybridized carbons (Fsp3) is 0.345. The van der Waals surface area contributed by atoms with Crippen molar-refractivity contribution in [2.75, 3.05) is 32.2 Å². The van der Waals surface area contributed by atoms with Crippen molar-refractivity contribution < 1.29 is 45.3 Å². The number of alkyl halides is 3. The Morgan fingerprint density at radius 3 is 2.36 bits per heavy atom. The highest BCUT2D eigenvalue weighted by atomic mass is 32.2. The maximum absolute atomic E-state index is 13.9. The largest absolute Gasteiger partial charge is 0.497 e. The highest BCUT2D eigenvalue weighted by Crippen LogP contribution is 2.41. The molecule has 1 aliphatic rings. The Bertz CT molecular complexity index is 1580. The van der Waals surface area contributed by atoms with Crippen molar-refractivity contribution in [1.29, 1.82) is 0 Å². The van der Waals surface area contributed by atoms with Crippen molar-refractivity contribution in [2.24, 2.45) is 0 Å². The molecular weight excluding hydrogens is 577 g/mol. The van der Waals surface area contributed by atoms with Crippen molar-refractivity contribution in [3.8, 4) is 23.0 Å². The molecule has 0 aliphatic carbocycles. The zero-order chi connectivity index (χ0) is 30.9. The highest BCUT2D eigenvalue weighted by molar-refractivity contribution is 7.92. The summed E-state index contributed by atoms with van der Waals surface area (Å²) >= 11 is 0. The SMILES string of the molecule is COc1ccc2c(c1)OC(C)(C)CC2NC(=O)CN(c1cccc(C(F)(F)F)c1)S(=O)(=O)c1ccc(OC)c(OC)c1. The normalized spacial score (nSPS) is 16.0. The zero-order valence-electron chi connectivity index (χ0n) is 23.6. The minimum absolute atomic E-state index is 0.0866. The summed E-state index contributed by atoms with van der Waals surface area (Å²) in [6.07, 6.45) is -4.39. The third kappa shape index (κ3) is 6.51. The van der Waals surface area contributed by atoms with Crippen molar-refractivity contribution in [2.45, 2.75) is 43.0 Å². The first-order valence-electron chi connectivity index (χ1n) is 12.8. The van der Waals surface area contributed by atoms with Crippen molar-refractivity contribution in [3.63, 3.8) is 0 Å². The van der Waals surface area contributed by atoms with Crippen LogP contribution in [0.4, 0.5) is 18.9 Å². The van der Waals surface area contributed by atoms with Gasteiger partial charge in [-0.25, -0.2) is 8.42 Å². The molecule has 0 saturated heterocycles. The molecule has 1 N–H and O–H groups in total. The number of benzene rings is 3. The smallest absolute Gasteiger partial charge is 0.416 e. The molecule has 13 heteroatoms. The van der Waals surface area contributed by atoms with E-state index in [9.17, 15) is 26.4 Å². The number of methoxy groups -OCH3 is 3. The number of ether oxygens (including phenoxy) is 4. The zero-order valence-corrected chi connectivity index (χ0v) is 24.4. The van der Waals surface area contributed by atoms with Gasteiger partial charge in [0.2, 0.25) is 5.91 Å². The van der Waals surface area contributed by atoms with Crippen LogP contribution in [0.1, 0.15) is 37.4 Å². The number of hydrogen-bond acceptors (Lipinski definition) is 7. The predicted octanol–water partition coefficient (Wildman–Crippen LogP) is 5.35. The van der Waals surface area contributed by atoms with Gasteiger partial charge in [-0.15, -0.1) is 0 Å². The van der Waals surface area contributed by atoms with Gasteiger partial charge in [-0.3, -0.25) is 9.10 Å². The maximum Gasteiger partial charge on any atom is 0.416 e. The second-order valence-corrected chi connectivity index (χ2v) is 12.0. The number of sulfonamides is 1. The van der Waals surface area contributed by atoms with Gasteiger partial charge in [-0.1, -0.05) is 6.07 Å². The number of carbonyl (C=O) groups excluding carboxylic acids is 1. The first-order chi connectivity index (χ1) is 19.7. The van der Waals surface area contributed by atoms with Crippen LogP contribution >= 0.6 is 0 Å². The fourth-order valence-electron chi connectivity index (χ4n) is 4.71. The predicted molar refractivity (Wildman–Crippen MR) is 149 cm³/mol. The van der Waals surface area contributed by atoms with Gasteiger partial charge in [0.1, 0.15) is 23.6 Å². The topological polar surface area (TPSA) is 103 Å². The van der Waals surface area contributed by atoms with Crippen LogP contribution in [0.5, 0.6) is 23.0 Å². The number of rotatable bonds is 9. The highest BCUT2D eigenvalue weighted by Gasteiger charge is 2.37. The molecule has 0 bridgehead atoms. The molecule has 3 aromatic carbocycles. The molecule has 3 aromatic rings. The molecule has 0 fully saturated rings. The Morgan fingerprint density at radius 1 is 1.00 bits per heavy atom. The lowest BCUT2D eigenvalue weighted by molar-refractivity contribution is -0.137. The lowest BCUT2D eigenvalue weighted by atomic mass is 9.89. The summed E-state index contributed by atoms with van der Waals surface area (Å²) in [6, 6.07) is 12.1. The van der Waals surface area contributed by atoms with Crippen LogP contribution < -0.4 is 28.6 Å². The third-order valence-corrected chi connectivity index (χ3v) is 8.47. The van der Waals surface area contributed by atoms with Gasteiger partial charge in [0.15, 0.2) is 11.5 Å². The monoisotopic (exact) mass is 608 g/mol. The molecule has 0 aromatic heterocycles. The average molecular weight is 609 g/mol. The third-order valence-electron chi connectivity index (χ3n) is 6.71. The molecule has 1 aliphatic heterocycles. The van der Waals surface area contributed by atoms with Gasteiger partial charge in [-0.05, 0) is 56.3 Å². The molecule has 1 amide bonds. The van der Waals surface area contributed by atoms with Gasteiger partial charge in [0.05, 0.1) is 43.5 Å². The second kappa shape index (κ2) is 11.6. The Morgan fingerprint density at radius 2 is 1.71 bits per heavy atom. The number of nitrogens with one attached hydrogen (secondary N) is 1. The van der Waals surface area contributed by atoms with Crippen LogP contribution in [0.25, 0.3) is 0 Å². The van der Waals surface area contributed by atoms with Crippen LogP contribution in [0, 0.1) is 0 Å².